The Bertz CT molecular complexity index is 1100. The summed E-state index contributed by atoms with van der Waals surface area (Å²) in [6.45, 7) is 2.00. The number of alkyl halides is 3. The number of nitriles is 1. The van der Waals surface area contributed by atoms with E-state index in [1.807, 2.05) is 6.07 Å². The molecule has 0 aliphatic carbocycles. The van der Waals surface area contributed by atoms with Crippen molar-refractivity contribution in [3.05, 3.63) is 58.0 Å². The number of pyridine rings is 1. The third-order valence-electron chi connectivity index (χ3n) is 3.85. The van der Waals surface area contributed by atoms with Crippen LogP contribution in [-0.2, 0) is 12.7 Å². The Hall–Kier alpha value is -3.28. The van der Waals surface area contributed by atoms with E-state index < -0.39 is 23.1 Å². The molecule has 0 amide bonds. The number of fused-ring (bicyclic) bond motifs is 1. The van der Waals surface area contributed by atoms with E-state index in [4.69, 9.17) is 0 Å². The zero-order chi connectivity index (χ0) is 19.1. The molecule has 9 heteroatoms. The standard InChI is InChI=1S/C17H10F4N4O/c1-2-25-8-9(5-22)11-3-13(14(18)4-12(11)16(25)26)15-23-6-10(7-24-15)17(19,20)21/h3-4,6-8H,2H2,1H3. The van der Waals surface area contributed by atoms with Gasteiger partial charge in [-0.25, -0.2) is 14.4 Å². The fourth-order valence-corrected chi connectivity index (χ4v) is 2.52. The van der Waals surface area contributed by atoms with Crippen LogP contribution in [0.5, 0.6) is 0 Å². The zero-order valence-electron chi connectivity index (χ0n) is 13.3. The van der Waals surface area contributed by atoms with Gasteiger partial charge in [0.25, 0.3) is 5.56 Å². The van der Waals surface area contributed by atoms with E-state index in [0.717, 1.165) is 6.07 Å². The Balaban J connectivity index is 2.24. The molecule has 0 spiro atoms. The van der Waals surface area contributed by atoms with Gasteiger partial charge in [0, 0.05) is 30.5 Å². The van der Waals surface area contributed by atoms with Gasteiger partial charge in [-0.3, -0.25) is 4.79 Å². The molecule has 0 aliphatic rings. The largest absolute Gasteiger partial charge is 0.419 e. The maximum absolute atomic E-state index is 14.5. The van der Waals surface area contributed by atoms with Crippen LogP contribution in [0.2, 0.25) is 0 Å². The van der Waals surface area contributed by atoms with Gasteiger partial charge in [0.05, 0.1) is 22.1 Å². The summed E-state index contributed by atoms with van der Waals surface area (Å²) in [5, 5.41) is 9.47. The van der Waals surface area contributed by atoms with Gasteiger partial charge in [0.2, 0.25) is 0 Å². The summed E-state index contributed by atoms with van der Waals surface area (Å²) >= 11 is 0. The minimum Gasteiger partial charge on any atom is -0.314 e. The first-order valence-corrected chi connectivity index (χ1v) is 7.42. The number of halogens is 4. The van der Waals surface area contributed by atoms with Crippen LogP contribution < -0.4 is 5.56 Å². The average molecular weight is 362 g/mol. The SMILES string of the molecule is CCn1cc(C#N)c2cc(-c3ncc(C(F)(F)F)cn3)c(F)cc2c1=O. The topological polar surface area (TPSA) is 71.6 Å². The first-order chi connectivity index (χ1) is 12.3. The summed E-state index contributed by atoms with van der Waals surface area (Å²) in [7, 11) is 0. The number of aryl methyl sites for hydroxylation is 1. The molecule has 5 nitrogen and oxygen atoms in total. The molecule has 1 aromatic carbocycles. The maximum atomic E-state index is 14.5. The van der Waals surface area contributed by atoms with Crippen molar-refractivity contribution in [2.75, 3.05) is 0 Å². The Morgan fingerprint density at radius 1 is 1.19 bits per heavy atom. The quantitative estimate of drug-likeness (QED) is 0.654. The number of hydrogen-bond donors (Lipinski definition) is 0. The molecule has 0 saturated carbocycles. The van der Waals surface area contributed by atoms with Crippen LogP contribution in [0.25, 0.3) is 22.2 Å². The lowest BCUT2D eigenvalue weighted by Gasteiger charge is -2.10. The van der Waals surface area contributed by atoms with Gasteiger partial charge < -0.3 is 4.57 Å². The lowest BCUT2D eigenvalue weighted by molar-refractivity contribution is -0.138. The van der Waals surface area contributed by atoms with Crippen molar-refractivity contribution in [3.8, 4) is 17.5 Å². The highest BCUT2D eigenvalue weighted by molar-refractivity contribution is 5.90. The predicted molar refractivity (Wildman–Crippen MR) is 84.6 cm³/mol. The van der Waals surface area contributed by atoms with E-state index in [9.17, 15) is 27.6 Å². The lowest BCUT2D eigenvalue weighted by Crippen LogP contribution is -2.19. The average Bonchev–Trinajstić information content (AvgIpc) is 2.61. The molecule has 0 fully saturated rings. The van der Waals surface area contributed by atoms with E-state index in [2.05, 4.69) is 9.97 Å². The lowest BCUT2D eigenvalue weighted by atomic mass is 10.0. The fourth-order valence-electron chi connectivity index (χ4n) is 2.52. The van der Waals surface area contributed by atoms with Gasteiger partial charge >= 0.3 is 6.18 Å². The van der Waals surface area contributed by atoms with Crippen molar-refractivity contribution in [1.29, 1.82) is 5.26 Å². The molecule has 0 saturated heterocycles. The van der Waals surface area contributed by atoms with E-state index in [1.54, 1.807) is 6.92 Å². The van der Waals surface area contributed by atoms with Gasteiger partial charge in [-0.05, 0) is 19.1 Å². The van der Waals surface area contributed by atoms with E-state index in [1.165, 1.54) is 16.8 Å². The van der Waals surface area contributed by atoms with E-state index in [0.29, 0.717) is 18.9 Å². The minimum atomic E-state index is -4.61. The van der Waals surface area contributed by atoms with Gasteiger partial charge in [-0.2, -0.15) is 18.4 Å². The van der Waals surface area contributed by atoms with Crippen LogP contribution in [0.1, 0.15) is 18.1 Å². The Morgan fingerprint density at radius 2 is 1.85 bits per heavy atom. The molecule has 26 heavy (non-hydrogen) atoms. The van der Waals surface area contributed by atoms with Crippen LogP contribution in [-0.4, -0.2) is 14.5 Å². The molecule has 0 unspecified atom stereocenters. The molecule has 0 N–H and O–H groups in total. The third-order valence-corrected chi connectivity index (χ3v) is 3.85. The summed E-state index contributed by atoms with van der Waals surface area (Å²) in [6, 6.07) is 4.07. The van der Waals surface area contributed by atoms with Crippen LogP contribution in [0.3, 0.4) is 0 Å². The molecule has 2 aromatic heterocycles. The molecular formula is C17H10F4N4O. The van der Waals surface area contributed by atoms with Crippen molar-refractivity contribution in [2.45, 2.75) is 19.6 Å². The van der Waals surface area contributed by atoms with Crippen LogP contribution in [0.4, 0.5) is 17.6 Å². The van der Waals surface area contributed by atoms with Gasteiger partial charge in [-0.15, -0.1) is 0 Å². The van der Waals surface area contributed by atoms with Gasteiger partial charge in [0.15, 0.2) is 5.82 Å². The maximum Gasteiger partial charge on any atom is 0.419 e. The van der Waals surface area contributed by atoms with Crippen molar-refractivity contribution in [2.24, 2.45) is 0 Å². The number of hydrogen-bond acceptors (Lipinski definition) is 4. The van der Waals surface area contributed by atoms with Crippen LogP contribution >= 0.6 is 0 Å². The molecular weight excluding hydrogens is 352 g/mol. The molecule has 132 valence electrons. The van der Waals surface area contributed by atoms with Crippen molar-refractivity contribution < 1.29 is 17.6 Å². The Labute approximate surface area is 144 Å². The summed E-state index contributed by atoms with van der Waals surface area (Å²) in [4.78, 5) is 19.4. The highest BCUT2D eigenvalue weighted by atomic mass is 19.4. The van der Waals surface area contributed by atoms with E-state index >= 15 is 0 Å². The van der Waals surface area contributed by atoms with Crippen molar-refractivity contribution in [1.82, 2.24) is 14.5 Å². The number of nitrogens with zero attached hydrogens (tertiary/aromatic N) is 4. The second kappa shape index (κ2) is 6.22. The highest BCUT2D eigenvalue weighted by Gasteiger charge is 2.31. The van der Waals surface area contributed by atoms with E-state index in [-0.39, 0.29) is 27.7 Å². The highest BCUT2D eigenvalue weighted by Crippen LogP contribution is 2.30. The molecule has 2 heterocycles. The molecule has 0 bridgehead atoms. The first kappa shape index (κ1) is 17.5. The number of rotatable bonds is 2. The molecule has 0 atom stereocenters. The Kier molecular flexibility index (Phi) is 4.20. The van der Waals surface area contributed by atoms with Gasteiger partial charge in [-0.1, -0.05) is 0 Å². The second-order valence-corrected chi connectivity index (χ2v) is 5.42. The summed E-state index contributed by atoms with van der Waals surface area (Å²) in [5.74, 6) is -1.15. The second-order valence-electron chi connectivity index (χ2n) is 5.42. The molecule has 0 radical (unpaired) electrons. The number of aromatic nitrogens is 3. The monoisotopic (exact) mass is 362 g/mol. The number of benzene rings is 1. The van der Waals surface area contributed by atoms with Crippen LogP contribution in [0, 0.1) is 17.1 Å². The third kappa shape index (κ3) is 2.90. The summed E-state index contributed by atoms with van der Waals surface area (Å²) in [6.07, 6.45) is -2.17. The smallest absolute Gasteiger partial charge is 0.314 e. The minimum absolute atomic E-state index is 0.000869. The van der Waals surface area contributed by atoms with Crippen molar-refractivity contribution in [3.63, 3.8) is 0 Å². The normalized spacial score (nSPS) is 11.5. The molecule has 3 rings (SSSR count). The fraction of sp³-hybridized carbons (Fsp3) is 0.176. The summed E-state index contributed by atoms with van der Waals surface area (Å²) in [5.41, 5.74) is -1.60. The molecule has 3 aromatic rings. The van der Waals surface area contributed by atoms with Crippen molar-refractivity contribution >= 4 is 10.8 Å². The summed E-state index contributed by atoms with van der Waals surface area (Å²) < 4.78 is 53.5. The zero-order valence-corrected chi connectivity index (χ0v) is 13.3. The molecule has 0 aliphatic heterocycles. The van der Waals surface area contributed by atoms with Gasteiger partial charge in [0.1, 0.15) is 11.9 Å². The predicted octanol–water partition coefficient (Wildman–Crippen LogP) is 3.51. The first-order valence-electron chi connectivity index (χ1n) is 7.42. The van der Waals surface area contributed by atoms with Crippen LogP contribution in [0.15, 0.2) is 35.5 Å². The Morgan fingerprint density at radius 3 is 2.38 bits per heavy atom.